The minimum Gasteiger partial charge on any atom is -0.480 e. The van der Waals surface area contributed by atoms with E-state index >= 15 is 0 Å². The molecule has 0 aromatic carbocycles. The maximum Gasteiger partial charge on any atom is 0.322 e. The molecule has 0 rings (SSSR count). The Morgan fingerprint density at radius 2 is 1.07 bits per heavy atom. The van der Waals surface area contributed by atoms with Crippen molar-refractivity contribution in [2.45, 2.75) is 193 Å². The zero-order valence-electron chi connectivity index (χ0n) is 28.8. The summed E-state index contributed by atoms with van der Waals surface area (Å²) >= 11 is 0. The zero-order valence-corrected chi connectivity index (χ0v) is 28.8. The van der Waals surface area contributed by atoms with Gasteiger partial charge in [-0.1, -0.05) is 134 Å². The molecule has 0 aliphatic rings. The van der Waals surface area contributed by atoms with E-state index < -0.39 is 5.97 Å². The number of hydrogen-bond donors (Lipinski definition) is 2. The number of carboxylic acid groups (broad SMARTS) is 1. The van der Waals surface area contributed by atoms with E-state index in [2.05, 4.69) is 43.5 Å². The number of carbonyl (C=O) groups is 3. The standard InChI is InChI=1S/C38H69NO5/c1-3-5-7-9-11-13-15-17-19-22-26-30-35(31-27-23-21-24-28-32-36(40)39-34-37(41)42)44-38(43)33-29-25-20-18-16-14-12-10-8-6-4-2/h11,13,17,19,35H,3-10,12,14-16,18,20-34H2,1-2H3,(H,39,40)(H,41,42)/b13-11-,19-17-. The number of aliphatic carboxylic acids is 1. The molecule has 44 heavy (non-hydrogen) atoms. The molecular weight excluding hydrogens is 550 g/mol. The minimum absolute atomic E-state index is 0.0103. The lowest BCUT2D eigenvalue weighted by Crippen LogP contribution is -2.28. The molecule has 0 saturated carbocycles. The topological polar surface area (TPSA) is 92.7 Å². The van der Waals surface area contributed by atoms with Crippen molar-refractivity contribution in [2.75, 3.05) is 6.54 Å². The lowest BCUT2D eigenvalue weighted by atomic mass is 10.0. The Morgan fingerprint density at radius 3 is 1.66 bits per heavy atom. The van der Waals surface area contributed by atoms with Crippen LogP contribution in [0.1, 0.15) is 187 Å². The Hall–Kier alpha value is -2.11. The summed E-state index contributed by atoms with van der Waals surface area (Å²) in [6, 6.07) is 0. The zero-order chi connectivity index (χ0) is 32.4. The van der Waals surface area contributed by atoms with Crippen LogP contribution < -0.4 is 5.32 Å². The van der Waals surface area contributed by atoms with E-state index in [4.69, 9.17) is 9.84 Å². The van der Waals surface area contributed by atoms with E-state index in [0.717, 1.165) is 77.0 Å². The molecule has 1 amide bonds. The van der Waals surface area contributed by atoms with Crippen LogP contribution in [0.2, 0.25) is 0 Å². The van der Waals surface area contributed by atoms with E-state index in [0.29, 0.717) is 12.8 Å². The van der Waals surface area contributed by atoms with Crippen LogP contribution in [0.4, 0.5) is 0 Å². The molecule has 0 aromatic heterocycles. The quantitative estimate of drug-likeness (QED) is 0.0433. The molecule has 1 unspecified atom stereocenters. The van der Waals surface area contributed by atoms with Crippen molar-refractivity contribution in [2.24, 2.45) is 0 Å². The fraction of sp³-hybridized carbons (Fsp3) is 0.816. The van der Waals surface area contributed by atoms with Crippen LogP contribution in [0.15, 0.2) is 24.3 Å². The monoisotopic (exact) mass is 620 g/mol. The molecular formula is C38H69NO5. The van der Waals surface area contributed by atoms with Crippen molar-refractivity contribution < 1.29 is 24.2 Å². The maximum absolute atomic E-state index is 12.6. The molecule has 6 heteroatoms. The molecule has 0 bridgehead atoms. The molecule has 0 fully saturated rings. The van der Waals surface area contributed by atoms with Gasteiger partial charge < -0.3 is 15.2 Å². The SMILES string of the molecule is CCCCC/C=C\C/C=C\CCCC(CCCCCCCC(=O)NCC(=O)O)OC(=O)CCCCCCCCCCCCC. The highest BCUT2D eigenvalue weighted by molar-refractivity contribution is 5.80. The van der Waals surface area contributed by atoms with Gasteiger partial charge in [-0.2, -0.15) is 0 Å². The Labute approximate surface area is 271 Å². The predicted octanol–water partition coefficient (Wildman–Crippen LogP) is 10.8. The van der Waals surface area contributed by atoms with Gasteiger partial charge in [-0.25, -0.2) is 0 Å². The van der Waals surface area contributed by atoms with Crippen LogP contribution in [0.25, 0.3) is 0 Å². The second kappa shape index (κ2) is 33.8. The largest absolute Gasteiger partial charge is 0.480 e. The smallest absolute Gasteiger partial charge is 0.322 e. The third-order valence-electron chi connectivity index (χ3n) is 8.13. The fourth-order valence-corrected chi connectivity index (χ4v) is 5.37. The van der Waals surface area contributed by atoms with Gasteiger partial charge in [0.15, 0.2) is 0 Å². The summed E-state index contributed by atoms with van der Waals surface area (Å²) < 4.78 is 5.96. The second-order valence-electron chi connectivity index (χ2n) is 12.5. The first-order chi connectivity index (χ1) is 21.5. The molecule has 0 spiro atoms. The second-order valence-corrected chi connectivity index (χ2v) is 12.5. The summed E-state index contributed by atoms with van der Waals surface area (Å²) in [7, 11) is 0. The van der Waals surface area contributed by atoms with Gasteiger partial charge in [-0.05, 0) is 64.2 Å². The molecule has 256 valence electrons. The highest BCUT2D eigenvalue weighted by atomic mass is 16.5. The molecule has 0 radical (unpaired) electrons. The van der Waals surface area contributed by atoms with Crippen molar-refractivity contribution in [1.29, 1.82) is 0 Å². The molecule has 0 saturated heterocycles. The average Bonchev–Trinajstić information content (AvgIpc) is 3.00. The van der Waals surface area contributed by atoms with Crippen LogP contribution in [-0.2, 0) is 19.1 Å². The Balaban J connectivity index is 4.25. The summed E-state index contributed by atoms with van der Waals surface area (Å²) in [6.45, 7) is 4.18. The Kier molecular flexibility index (Phi) is 32.2. The van der Waals surface area contributed by atoms with E-state index in [1.807, 2.05) is 0 Å². The van der Waals surface area contributed by atoms with Crippen molar-refractivity contribution in [1.82, 2.24) is 5.32 Å². The summed E-state index contributed by atoms with van der Waals surface area (Å²) in [6.07, 6.45) is 38.6. The summed E-state index contributed by atoms with van der Waals surface area (Å²) in [5, 5.41) is 11.0. The highest BCUT2D eigenvalue weighted by Crippen LogP contribution is 2.18. The summed E-state index contributed by atoms with van der Waals surface area (Å²) in [5.41, 5.74) is 0. The highest BCUT2D eigenvalue weighted by Gasteiger charge is 2.14. The van der Waals surface area contributed by atoms with Crippen LogP contribution in [0.3, 0.4) is 0 Å². The van der Waals surface area contributed by atoms with Crippen molar-refractivity contribution in [3.05, 3.63) is 24.3 Å². The van der Waals surface area contributed by atoms with Crippen LogP contribution >= 0.6 is 0 Å². The number of carbonyl (C=O) groups excluding carboxylic acids is 2. The third kappa shape index (κ3) is 32.8. The van der Waals surface area contributed by atoms with Crippen molar-refractivity contribution >= 4 is 17.8 Å². The molecule has 0 aromatic rings. The van der Waals surface area contributed by atoms with E-state index in [-0.39, 0.29) is 24.5 Å². The fourth-order valence-electron chi connectivity index (χ4n) is 5.37. The number of carboxylic acids is 1. The van der Waals surface area contributed by atoms with Crippen LogP contribution in [0.5, 0.6) is 0 Å². The molecule has 0 heterocycles. The first kappa shape index (κ1) is 41.9. The average molecular weight is 620 g/mol. The van der Waals surface area contributed by atoms with Crippen molar-refractivity contribution in [3.8, 4) is 0 Å². The van der Waals surface area contributed by atoms with Crippen LogP contribution in [-0.4, -0.2) is 35.6 Å². The summed E-state index contributed by atoms with van der Waals surface area (Å²) in [5.74, 6) is -1.26. The van der Waals surface area contributed by atoms with E-state index in [1.165, 1.54) is 83.5 Å². The first-order valence-electron chi connectivity index (χ1n) is 18.5. The van der Waals surface area contributed by atoms with Gasteiger partial charge >= 0.3 is 11.9 Å². The summed E-state index contributed by atoms with van der Waals surface area (Å²) in [4.78, 5) is 34.8. The molecule has 0 aliphatic heterocycles. The van der Waals surface area contributed by atoms with Gasteiger partial charge in [0.05, 0.1) is 0 Å². The third-order valence-corrected chi connectivity index (χ3v) is 8.13. The van der Waals surface area contributed by atoms with Gasteiger partial charge in [0.1, 0.15) is 12.6 Å². The first-order valence-corrected chi connectivity index (χ1v) is 18.5. The lowest BCUT2D eigenvalue weighted by Gasteiger charge is -2.18. The number of ether oxygens (including phenoxy) is 1. The van der Waals surface area contributed by atoms with Gasteiger partial charge in [0, 0.05) is 12.8 Å². The number of nitrogens with one attached hydrogen (secondary N) is 1. The van der Waals surface area contributed by atoms with Gasteiger partial charge in [0.2, 0.25) is 5.91 Å². The van der Waals surface area contributed by atoms with E-state index in [9.17, 15) is 14.4 Å². The van der Waals surface area contributed by atoms with Gasteiger partial charge in [-0.3, -0.25) is 14.4 Å². The number of rotatable bonds is 33. The number of unbranched alkanes of at least 4 members (excludes halogenated alkanes) is 18. The lowest BCUT2D eigenvalue weighted by molar-refractivity contribution is -0.150. The number of allylic oxidation sites excluding steroid dienone is 4. The molecule has 0 aliphatic carbocycles. The van der Waals surface area contributed by atoms with E-state index in [1.54, 1.807) is 0 Å². The molecule has 6 nitrogen and oxygen atoms in total. The number of amides is 1. The van der Waals surface area contributed by atoms with Gasteiger partial charge in [0.25, 0.3) is 0 Å². The Morgan fingerprint density at radius 1 is 0.591 bits per heavy atom. The molecule has 2 N–H and O–H groups in total. The molecule has 1 atom stereocenters. The number of hydrogen-bond acceptors (Lipinski definition) is 4. The van der Waals surface area contributed by atoms with Crippen molar-refractivity contribution in [3.63, 3.8) is 0 Å². The predicted molar refractivity (Wildman–Crippen MR) is 185 cm³/mol. The van der Waals surface area contributed by atoms with Crippen LogP contribution in [0, 0.1) is 0 Å². The van der Waals surface area contributed by atoms with Gasteiger partial charge in [-0.15, -0.1) is 0 Å². The Bertz CT molecular complexity index is 733. The number of esters is 1. The maximum atomic E-state index is 12.6. The minimum atomic E-state index is -1.02. The normalized spacial score (nSPS) is 12.2.